The molecule has 2 N–H and O–H groups in total. The van der Waals surface area contributed by atoms with Gasteiger partial charge in [0.05, 0.1) is 5.60 Å². The highest BCUT2D eigenvalue weighted by Crippen LogP contribution is 2.34. The lowest BCUT2D eigenvalue weighted by molar-refractivity contribution is -0.0392. The summed E-state index contributed by atoms with van der Waals surface area (Å²) >= 11 is 0. The van der Waals surface area contributed by atoms with E-state index in [4.69, 9.17) is 0 Å². The van der Waals surface area contributed by atoms with E-state index in [0.29, 0.717) is 6.42 Å². The van der Waals surface area contributed by atoms with Gasteiger partial charge in [-0.2, -0.15) is 0 Å². The van der Waals surface area contributed by atoms with Gasteiger partial charge in [-0.05, 0) is 30.7 Å². The molecule has 1 fully saturated rings. The van der Waals surface area contributed by atoms with E-state index in [-0.39, 0.29) is 11.7 Å². The third-order valence-electron chi connectivity index (χ3n) is 3.29. The van der Waals surface area contributed by atoms with Crippen molar-refractivity contribution in [2.24, 2.45) is 5.92 Å². The Morgan fingerprint density at radius 1 is 1.40 bits per heavy atom. The summed E-state index contributed by atoms with van der Waals surface area (Å²) in [5.74, 6) is -0.111. The summed E-state index contributed by atoms with van der Waals surface area (Å²) in [5.41, 5.74) is 0.0109. The van der Waals surface area contributed by atoms with Crippen LogP contribution >= 0.6 is 0 Å². The van der Waals surface area contributed by atoms with Gasteiger partial charge in [-0.15, -0.1) is 0 Å². The van der Waals surface area contributed by atoms with Crippen molar-refractivity contribution in [2.45, 2.75) is 18.9 Å². The van der Waals surface area contributed by atoms with Gasteiger partial charge in [0.15, 0.2) is 0 Å². The lowest BCUT2D eigenvalue weighted by Gasteiger charge is -2.39. The van der Waals surface area contributed by atoms with Crippen LogP contribution < -0.4 is 5.32 Å². The molecule has 0 spiro atoms. The molecule has 0 radical (unpaired) electrons. The number of nitrogens with one attached hydrogen (secondary N) is 1. The van der Waals surface area contributed by atoms with Gasteiger partial charge >= 0.3 is 0 Å². The second kappa shape index (κ2) is 3.91. The van der Waals surface area contributed by atoms with Crippen molar-refractivity contribution in [1.82, 2.24) is 5.32 Å². The Labute approximate surface area is 89.1 Å². The molecule has 15 heavy (non-hydrogen) atoms. The fourth-order valence-corrected chi connectivity index (χ4v) is 2.18. The van der Waals surface area contributed by atoms with Crippen molar-refractivity contribution < 1.29 is 9.50 Å². The predicted octanol–water partition coefficient (Wildman–Crippen LogP) is 1.64. The van der Waals surface area contributed by atoms with Gasteiger partial charge in [0.2, 0.25) is 0 Å². The van der Waals surface area contributed by atoms with E-state index >= 15 is 0 Å². The van der Waals surface area contributed by atoms with Crippen LogP contribution in [0.3, 0.4) is 0 Å². The number of halogens is 1. The molecular formula is C12H16FNO. The molecule has 0 saturated carbocycles. The first-order valence-electron chi connectivity index (χ1n) is 5.32. The Morgan fingerprint density at radius 2 is 2.07 bits per heavy atom. The molecule has 1 aromatic rings. The molecule has 0 bridgehead atoms. The molecular weight excluding hydrogens is 193 g/mol. The van der Waals surface area contributed by atoms with Gasteiger partial charge in [-0.3, -0.25) is 0 Å². The number of piperidine rings is 1. The van der Waals surface area contributed by atoms with Crippen LogP contribution in [-0.2, 0) is 5.60 Å². The summed E-state index contributed by atoms with van der Waals surface area (Å²) in [6, 6.07) is 6.17. The first kappa shape index (κ1) is 10.6. The third-order valence-corrected chi connectivity index (χ3v) is 3.29. The zero-order chi connectivity index (χ0) is 10.9. The van der Waals surface area contributed by atoms with Gasteiger partial charge in [0.1, 0.15) is 5.82 Å². The molecule has 1 aliphatic rings. The minimum Gasteiger partial charge on any atom is -0.385 e. The van der Waals surface area contributed by atoms with Crippen LogP contribution in [0.5, 0.6) is 0 Å². The van der Waals surface area contributed by atoms with Crippen LogP contribution in [0.1, 0.15) is 18.9 Å². The Hall–Kier alpha value is -0.930. The molecule has 82 valence electrons. The molecule has 2 rings (SSSR count). The fourth-order valence-electron chi connectivity index (χ4n) is 2.18. The van der Waals surface area contributed by atoms with Crippen molar-refractivity contribution in [3.8, 4) is 0 Å². The van der Waals surface area contributed by atoms with Gasteiger partial charge in [0, 0.05) is 12.5 Å². The third kappa shape index (κ3) is 1.90. The highest BCUT2D eigenvalue weighted by Gasteiger charge is 2.37. The molecule has 2 atom stereocenters. The normalized spacial score (nSPS) is 31.5. The number of hydrogen-bond acceptors (Lipinski definition) is 2. The topological polar surface area (TPSA) is 32.3 Å². The summed E-state index contributed by atoms with van der Waals surface area (Å²) in [5, 5.41) is 13.8. The van der Waals surface area contributed by atoms with Crippen LogP contribution in [0.2, 0.25) is 0 Å². The lowest BCUT2D eigenvalue weighted by Crippen LogP contribution is -2.46. The molecule has 0 aromatic heterocycles. The van der Waals surface area contributed by atoms with E-state index in [0.717, 1.165) is 18.7 Å². The average Bonchev–Trinajstić information content (AvgIpc) is 2.23. The predicted molar refractivity (Wildman–Crippen MR) is 56.9 cm³/mol. The van der Waals surface area contributed by atoms with Crippen LogP contribution in [-0.4, -0.2) is 18.2 Å². The standard InChI is InChI=1S/C12H16FNO/c1-9-8-14-7-6-12(9,15)10-2-4-11(13)5-3-10/h2-5,9,14-15H,6-8H2,1H3. The van der Waals surface area contributed by atoms with Gasteiger partial charge in [-0.25, -0.2) is 4.39 Å². The minimum atomic E-state index is -0.807. The molecule has 1 heterocycles. The smallest absolute Gasteiger partial charge is 0.123 e. The SMILES string of the molecule is CC1CNCCC1(O)c1ccc(F)cc1. The maximum Gasteiger partial charge on any atom is 0.123 e. The highest BCUT2D eigenvalue weighted by atomic mass is 19.1. The summed E-state index contributed by atoms with van der Waals surface area (Å²) in [6.45, 7) is 3.61. The first-order chi connectivity index (χ1) is 7.13. The monoisotopic (exact) mass is 209 g/mol. The first-order valence-corrected chi connectivity index (χ1v) is 5.32. The highest BCUT2D eigenvalue weighted by molar-refractivity contribution is 5.24. The number of aliphatic hydroxyl groups is 1. The Morgan fingerprint density at radius 3 is 2.67 bits per heavy atom. The van der Waals surface area contributed by atoms with Crippen molar-refractivity contribution in [2.75, 3.05) is 13.1 Å². The van der Waals surface area contributed by atoms with Crippen LogP contribution in [0.25, 0.3) is 0 Å². The second-order valence-corrected chi connectivity index (χ2v) is 4.29. The Bertz CT molecular complexity index is 338. The lowest BCUT2D eigenvalue weighted by atomic mass is 9.77. The van der Waals surface area contributed by atoms with E-state index in [1.807, 2.05) is 6.92 Å². The maximum atomic E-state index is 12.8. The van der Waals surface area contributed by atoms with Gasteiger partial charge in [-0.1, -0.05) is 19.1 Å². The van der Waals surface area contributed by atoms with Crippen LogP contribution in [0.4, 0.5) is 4.39 Å². The zero-order valence-corrected chi connectivity index (χ0v) is 8.83. The van der Waals surface area contributed by atoms with Crippen molar-refractivity contribution >= 4 is 0 Å². The van der Waals surface area contributed by atoms with Gasteiger partial charge < -0.3 is 10.4 Å². The number of rotatable bonds is 1. The summed E-state index contributed by atoms with van der Waals surface area (Å²) in [6.07, 6.45) is 0.680. The van der Waals surface area contributed by atoms with Crippen molar-refractivity contribution in [3.63, 3.8) is 0 Å². The maximum absolute atomic E-state index is 12.8. The van der Waals surface area contributed by atoms with Crippen LogP contribution in [0, 0.1) is 11.7 Å². The molecule has 1 aliphatic heterocycles. The summed E-state index contributed by atoms with van der Waals surface area (Å²) in [7, 11) is 0. The quantitative estimate of drug-likeness (QED) is 0.737. The van der Waals surface area contributed by atoms with Crippen LogP contribution in [0.15, 0.2) is 24.3 Å². The Kier molecular flexibility index (Phi) is 2.76. The van der Waals surface area contributed by atoms with Crippen molar-refractivity contribution in [3.05, 3.63) is 35.6 Å². The zero-order valence-electron chi connectivity index (χ0n) is 8.83. The second-order valence-electron chi connectivity index (χ2n) is 4.29. The molecule has 2 unspecified atom stereocenters. The summed E-state index contributed by atoms with van der Waals surface area (Å²) in [4.78, 5) is 0. The van der Waals surface area contributed by atoms with Crippen molar-refractivity contribution in [1.29, 1.82) is 0 Å². The molecule has 0 amide bonds. The Balaban J connectivity index is 2.30. The number of benzene rings is 1. The largest absolute Gasteiger partial charge is 0.385 e. The molecule has 2 nitrogen and oxygen atoms in total. The molecule has 1 aromatic carbocycles. The average molecular weight is 209 g/mol. The van der Waals surface area contributed by atoms with E-state index in [2.05, 4.69) is 5.32 Å². The molecule has 3 heteroatoms. The van der Waals surface area contributed by atoms with E-state index in [1.54, 1.807) is 12.1 Å². The fraction of sp³-hybridized carbons (Fsp3) is 0.500. The number of hydrogen-bond donors (Lipinski definition) is 2. The minimum absolute atomic E-state index is 0.150. The van der Waals surface area contributed by atoms with E-state index in [9.17, 15) is 9.50 Å². The van der Waals surface area contributed by atoms with E-state index in [1.165, 1.54) is 12.1 Å². The van der Waals surface area contributed by atoms with E-state index < -0.39 is 5.60 Å². The van der Waals surface area contributed by atoms with Gasteiger partial charge in [0.25, 0.3) is 0 Å². The molecule has 1 saturated heterocycles. The summed E-state index contributed by atoms with van der Waals surface area (Å²) < 4.78 is 12.8. The molecule has 0 aliphatic carbocycles.